The number of ketones is 1. The fraction of sp³-hybridized carbons (Fsp3) is 0.0488. The first-order valence-corrected chi connectivity index (χ1v) is 14.4. The van der Waals surface area contributed by atoms with E-state index in [0.29, 0.717) is 11.5 Å². The van der Waals surface area contributed by atoms with Crippen molar-refractivity contribution >= 4 is 5.78 Å². The summed E-state index contributed by atoms with van der Waals surface area (Å²) in [5.41, 5.74) is 0.784. The van der Waals surface area contributed by atoms with Crippen LogP contribution in [0.1, 0.15) is 11.5 Å². The smallest absolute Gasteiger partial charge is 0.380 e. The van der Waals surface area contributed by atoms with Crippen molar-refractivity contribution in [3.63, 3.8) is 0 Å². The maximum atomic E-state index is 13.8. The second-order valence-electron chi connectivity index (χ2n) is 10.1. The number of benzene rings is 1. The Morgan fingerprint density at radius 1 is 0.478 bits per heavy atom. The first kappa shape index (κ1) is 42.5. The number of carbonyl (C=O) groups excluding carboxylic acids is 1. The fourth-order valence-corrected chi connectivity index (χ4v) is 5.43. The third-order valence-electron chi connectivity index (χ3n) is 7.38. The summed E-state index contributed by atoms with van der Waals surface area (Å²) in [6.07, 6.45) is 53.1. The predicted octanol–water partition coefficient (Wildman–Crippen LogP) is 6.65. The Morgan fingerprint density at radius 3 is 1.22 bits per heavy atom. The zero-order valence-corrected chi connectivity index (χ0v) is 29.5. The van der Waals surface area contributed by atoms with Gasteiger partial charge in [-0.05, 0) is 184 Å². The summed E-state index contributed by atoms with van der Waals surface area (Å²) >= 11 is 0. The number of hydrogen-bond acceptors (Lipinski definition) is 2. The van der Waals surface area contributed by atoms with E-state index < -0.39 is 11.5 Å². The fourth-order valence-electron chi connectivity index (χ4n) is 5.43. The van der Waals surface area contributed by atoms with Crippen LogP contribution in [-0.2, 0) is 60.8 Å². The molecule has 1 aromatic carbocycles. The Morgan fingerprint density at radius 2 is 0.826 bits per heavy atom. The molecule has 0 heterocycles. The number of Topliss-reactive ketones (excluding diaryl/α,β-unsaturated/α-hetero) is 1. The zero-order chi connectivity index (χ0) is 29.7. The third-order valence-corrected chi connectivity index (χ3v) is 7.38. The van der Waals surface area contributed by atoms with Gasteiger partial charge < -0.3 is 5.11 Å². The van der Waals surface area contributed by atoms with Crippen LogP contribution in [0, 0.1) is 191 Å². The van der Waals surface area contributed by atoms with Crippen molar-refractivity contribution in [2.24, 2.45) is 0 Å². The van der Waals surface area contributed by atoms with Crippen molar-refractivity contribution in [1.29, 1.82) is 0 Å². The molecule has 46 heavy (non-hydrogen) atoms. The average Bonchev–Trinajstić information content (AvgIpc) is 3.91. The van der Waals surface area contributed by atoms with Crippen LogP contribution < -0.4 is 0 Å². The molecule has 8 rings (SSSR count). The number of hydrogen-bond donors (Lipinski definition) is 1. The van der Waals surface area contributed by atoms with E-state index >= 15 is 0 Å². The predicted molar refractivity (Wildman–Crippen MR) is 172 cm³/mol. The molecule has 2 atom stereocenters. The van der Waals surface area contributed by atoms with Crippen molar-refractivity contribution in [1.82, 2.24) is 0 Å². The molecule has 30 radical (unpaired) electrons. The monoisotopic (exact) mass is 818 g/mol. The van der Waals surface area contributed by atoms with E-state index in [1.807, 2.05) is 204 Å². The molecule has 0 saturated heterocycles. The Hall–Kier alpha value is 0.356. The molecule has 2 nitrogen and oxygen atoms in total. The third kappa shape index (κ3) is 11.2. The van der Waals surface area contributed by atoms with Gasteiger partial charge in [0.15, 0.2) is 5.78 Å². The largest absolute Gasteiger partial charge is 2.00 e. The summed E-state index contributed by atoms with van der Waals surface area (Å²) in [4.78, 5) is 13.8. The van der Waals surface area contributed by atoms with Gasteiger partial charge in [0.1, 0.15) is 5.60 Å². The molecule has 6 saturated carbocycles. The molecule has 0 amide bonds. The second-order valence-corrected chi connectivity index (χ2v) is 10.1. The minimum atomic E-state index is -1.63. The van der Waals surface area contributed by atoms with Gasteiger partial charge in [0.05, 0.1) is 0 Å². The Bertz CT molecular complexity index is 936. The molecule has 5 heteroatoms. The number of rotatable bonds is 4. The van der Waals surface area contributed by atoms with Gasteiger partial charge >= 0.3 is 56.0 Å². The maximum absolute atomic E-state index is 13.8. The van der Waals surface area contributed by atoms with Gasteiger partial charge in [0.2, 0.25) is 0 Å². The van der Waals surface area contributed by atoms with Crippen LogP contribution in [0.4, 0.5) is 0 Å². The van der Waals surface area contributed by atoms with Gasteiger partial charge in [-0.3, -0.25) is 4.79 Å². The van der Waals surface area contributed by atoms with E-state index in [0.717, 1.165) is 23.0 Å². The van der Waals surface area contributed by atoms with E-state index in [4.69, 9.17) is 0 Å². The van der Waals surface area contributed by atoms with Gasteiger partial charge in [-0.25, -0.2) is 0 Å². The van der Waals surface area contributed by atoms with Gasteiger partial charge in [0, 0.05) is 29.2 Å². The molecule has 0 aliphatic heterocycles. The van der Waals surface area contributed by atoms with E-state index in [1.54, 1.807) is 0 Å². The molecule has 7 aliphatic rings. The van der Waals surface area contributed by atoms with Crippen LogP contribution in [0.15, 0.2) is 41.5 Å². The summed E-state index contributed by atoms with van der Waals surface area (Å²) in [5.74, 6) is 1.74. The van der Waals surface area contributed by atoms with Crippen LogP contribution in [0.5, 0.6) is 0 Å². The Kier molecular flexibility index (Phi) is 21.2. The molecular formula is C41H34FeO2Ru2+6. The maximum Gasteiger partial charge on any atom is 2.00 e. The van der Waals surface area contributed by atoms with Crippen molar-refractivity contribution < 1.29 is 65.9 Å². The molecule has 1 N–H and O–H groups in total. The van der Waals surface area contributed by atoms with Gasteiger partial charge in [-0.15, -0.1) is 0 Å². The van der Waals surface area contributed by atoms with Crippen LogP contribution in [-0.4, -0.2) is 16.5 Å². The van der Waals surface area contributed by atoms with Crippen molar-refractivity contribution in [3.8, 4) is 0 Å². The molecule has 7 aliphatic carbocycles. The summed E-state index contributed by atoms with van der Waals surface area (Å²) in [6, 6.07) is 9.83. The van der Waals surface area contributed by atoms with E-state index in [-0.39, 0.29) is 61.8 Å². The normalized spacial score (nSPS) is 27.8. The molecule has 1 aromatic rings. The average molecular weight is 817 g/mol. The van der Waals surface area contributed by atoms with Crippen molar-refractivity contribution in [2.75, 3.05) is 0 Å². The van der Waals surface area contributed by atoms with Crippen LogP contribution in [0.25, 0.3) is 0 Å². The Balaban J connectivity index is 0.000000336. The minimum absolute atomic E-state index is 0. The SMILES string of the molecule is O=C1C([C]2[CH][CH][CH][CH]2)=C([C]2[CH][CH][CH][CH]2)[C@H](c2ccccc2)[C@@]1(O)[C]1[CH][CH][CH][CH]1.[CH]1[CH][CH][CH][CH]1.[CH]1[CH][CH][CH][CH]1.[CH]1[CH][CH][CH][CH]1.[Fe+2].[Ru+2].[Ru+2]. The molecule has 6 fully saturated rings. The first-order chi connectivity index (χ1) is 21.2. The minimum Gasteiger partial charge on any atom is -0.380 e. The summed E-state index contributed by atoms with van der Waals surface area (Å²) in [5, 5.41) is 12.0. The topological polar surface area (TPSA) is 37.3 Å². The summed E-state index contributed by atoms with van der Waals surface area (Å²) in [7, 11) is 0. The van der Waals surface area contributed by atoms with Crippen LogP contribution >= 0.6 is 0 Å². The van der Waals surface area contributed by atoms with Crippen LogP contribution in [0.2, 0.25) is 0 Å². The van der Waals surface area contributed by atoms with E-state index in [2.05, 4.69) is 0 Å². The van der Waals surface area contributed by atoms with Crippen LogP contribution in [0.3, 0.4) is 0 Å². The summed E-state index contributed by atoms with van der Waals surface area (Å²) < 4.78 is 0. The second kappa shape index (κ2) is 23.0. The van der Waals surface area contributed by atoms with E-state index in [1.165, 1.54) is 0 Å². The summed E-state index contributed by atoms with van der Waals surface area (Å²) in [6.45, 7) is 0. The van der Waals surface area contributed by atoms with E-state index in [9.17, 15) is 9.90 Å². The molecule has 0 bridgehead atoms. The van der Waals surface area contributed by atoms with Gasteiger partial charge in [-0.2, -0.15) is 0 Å². The standard InChI is InChI=1S/C26H19O2.3C5H5.Fe.2Ru/c27-25-23(19-12-6-7-13-19)22(18-10-4-5-11-18)24(20-14-2-1-3-15-20)26(25,28)21-16-8-9-17-21;3*1-2-4-5-3-1;;;/h1-17,24,28H;3*1-5H;;;/q;;;;3*+2/t24-,26-;;;;;;/m0....../s1. The number of carbonyl (C=O) groups is 1. The molecule has 228 valence electrons. The zero-order valence-electron chi connectivity index (χ0n) is 25.0. The van der Waals surface area contributed by atoms with Crippen molar-refractivity contribution in [2.45, 2.75) is 11.5 Å². The molecule has 0 unspecified atom stereocenters. The van der Waals surface area contributed by atoms with Gasteiger partial charge in [-0.1, -0.05) is 30.3 Å². The Labute approximate surface area is 319 Å². The molecule has 0 aromatic heterocycles. The quantitative estimate of drug-likeness (QED) is 0.346. The van der Waals surface area contributed by atoms with Crippen molar-refractivity contribution in [3.05, 3.63) is 238 Å². The number of aliphatic hydroxyl groups is 1. The first-order valence-electron chi connectivity index (χ1n) is 14.4. The van der Waals surface area contributed by atoms with Gasteiger partial charge in [0.25, 0.3) is 0 Å². The molecule has 0 spiro atoms. The molecular weight excluding hydrogens is 782 g/mol.